The number of nitrogens with zero attached hydrogens (tertiary/aromatic N) is 3. The first-order chi connectivity index (χ1) is 72.1. The van der Waals surface area contributed by atoms with Crippen LogP contribution >= 0.6 is 0 Å². The van der Waals surface area contributed by atoms with Crippen molar-refractivity contribution in [3.63, 3.8) is 0 Å². The summed E-state index contributed by atoms with van der Waals surface area (Å²) in [5.41, 5.74) is -2.27. The number of anilines is 3. The Bertz CT molecular complexity index is 2850. The van der Waals surface area contributed by atoms with Crippen molar-refractivity contribution in [1.82, 2.24) is 0 Å². The molecule has 3 aromatic carbocycles. The molecule has 0 saturated heterocycles. The summed E-state index contributed by atoms with van der Waals surface area (Å²) in [6.07, 6.45) is 118. The van der Waals surface area contributed by atoms with Gasteiger partial charge in [-0.3, -0.25) is 0 Å². The smallest absolute Gasteiger partial charge is 0.402 e. The van der Waals surface area contributed by atoms with Crippen LogP contribution in [0.15, 0.2) is 0 Å². The fraction of sp³-hybridized carbons (Fsp3) is 0.857. The van der Waals surface area contributed by atoms with Crippen LogP contribution in [0.2, 0.25) is 0 Å². The minimum atomic E-state index is -2.17. The highest BCUT2D eigenvalue weighted by molar-refractivity contribution is 6.30. The minimum Gasteiger partial charge on any atom is -0.402 e. The highest BCUT2D eigenvalue weighted by Gasteiger charge is 2.33. The Kier molecular flexibility index (Phi) is 104. The van der Waals surface area contributed by atoms with Crippen LogP contribution in [0.4, 0.5) is 82.9 Å². The number of rotatable bonds is 105. The molecule has 0 saturated carbocycles. The van der Waals surface area contributed by atoms with Crippen LogP contribution in [0.25, 0.3) is 0 Å². The number of halogens is 15. The van der Waals surface area contributed by atoms with Gasteiger partial charge in [0.05, 0.1) is 0 Å². The summed E-state index contributed by atoms with van der Waals surface area (Å²) < 4.78 is 214. The second-order valence-corrected chi connectivity index (χ2v) is 43.9. The Morgan fingerprint density at radius 2 is 0.176 bits per heavy atom. The number of hydrogen-bond acceptors (Lipinski definition) is 6. The molecule has 6 nitrogen and oxygen atoms in total. The van der Waals surface area contributed by atoms with Crippen molar-refractivity contribution in [2.45, 2.75) is 658 Å². The van der Waals surface area contributed by atoms with Crippen LogP contribution in [0.3, 0.4) is 0 Å². The molecule has 3 rings (SSSR count). The molecule has 0 aliphatic rings. The fourth-order valence-electron chi connectivity index (χ4n) is 20.7. The van der Waals surface area contributed by atoms with Gasteiger partial charge < -0.3 is 29.8 Å². The molecule has 870 valence electrons. The maximum atomic E-state index is 14.7. The largest absolute Gasteiger partial charge is 0.631 e. The van der Waals surface area contributed by atoms with Gasteiger partial charge in [-0.25, -0.2) is 65.9 Å². The summed E-state index contributed by atoms with van der Waals surface area (Å²) in [5.74, 6) is -27.6. The Labute approximate surface area is 899 Å². The molecule has 22 heteroatoms. The van der Waals surface area contributed by atoms with Crippen molar-refractivity contribution >= 4 is 24.4 Å². The van der Waals surface area contributed by atoms with Crippen molar-refractivity contribution in [3.8, 4) is 0 Å². The zero-order valence-corrected chi connectivity index (χ0v) is 96.1. The number of unbranched alkanes of at least 4 members (excludes halogenated alkanes) is 90. The Morgan fingerprint density at radius 3 is 0.250 bits per heavy atom. The molecule has 0 bridgehead atoms. The van der Waals surface area contributed by atoms with Crippen LogP contribution in [-0.2, 0) is 0 Å². The third kappa shape index (κ3) is 79.8. The standard InChI is InChI=1S/3C42H74F5N.BH3O3/c3*1-3-5-7-9-11-13-15-17-19-21-23-25-27-29-31-33-35-48(42-40(46)38(44)37(43)39(45)41(42)47)36-34-32-30-28-26-24-22-20-18-16-14-12-10-8-6-4-2;2-1(3)4/h3*3-36H2,1-2H3;2-4H. The first-order valence-electron chi connectivity index (χ1n) is 62.9. The van der Waals surface area contributed by atoms with Crippen molar-refractivity contribution in [2.24, 2.45) is 0 Å². The average Bonchev–Trinajstić information content (AvgIpc) is 0.794. The molecule has 3 aromatic rings. The van der Waals surface area contributed by atoms with E-state index in [1.165, 1.54) is 477 Å². The second kappa shape index (κ2) is 107. The van der Waals surface area contributed by atoms with E-state index in [-0.39, 0.29) is 0 Å². The lowest BCUT2D eigenvalue weighted by molar-refractivity contribution is 0.278. The van der Waals surface area contributed by atoms with Crippen molar-refractivity contribution in [1.29, 1.82) is 0 Å². The van der Waals surface area contributed by atoms with Crippen molar-refractivity contribution in [2.75, 3.05) is 54.0 Å². The minimum absolute atomic E-state index is 0.301. The summed E-state index contributed by atoms with van der Waals surface area (Å²) in [6.45, 7) is 15.3. The van der Waals surface area contributed by atoms with Crippen LogP contribution < -0.4 is 14.7 Å². The van der Waals surface area contributed by atoms with E-state index in [4.69, 9.17) is 15.1 Å². The summed E-state index contributed by atoms with van der Waals surface area (Å²) in [5, 5.41) is 21.5. The SMILES string of the molecule is CCCCCCCCCCCCCCCCCCN(CCCCCCCCCCCCCCCCCC)c1c(F)c(F)c(F)c(F)c1F.CCCCCCCCCCCCCCCCCCN(CCCCCCCCCCCCCCCCCC)c1c(F)c(F)c(F)c(F)c1F.CCCCCCCCCCCCCCCCCCN(CCCCCCCCCCCCCCCCCC)c1c(F)c(F)c(F)c(F)c1F.OB(O)O. The lowest BCUT2D eigenvalue weighted by atomic mass is 10.0. The Hall–Kier alpha value is -4.05. The van der Waals surface area contributed by atoms with Crippen LogP contribution in [-0.4, -0.2) is 61.7 Å². The molecule has 0 aliphatic carbocycles. The number of hydrogen-bond donors (Lipinski definition) is 3. The second-order valence-electron chi connectivity index (χ2n) is 43.9. The normalized spacial score (nSPS) is 11.4. The van der Waals surface area contributed by atoms with Crippen LogP contribution in [0.1, 0.15) is 658 Å². The molecular formula is C126H225BF15N3O3. The number of benzene rings is 3. The first kappa shape index (κ1) is 144. The molecule has 0 heterocycles. The van der Waals surface area contributed by atoms with E-state index >= 15 is 0 Å². The van der Waals surface area contributed by atoms with Crippen LogP contribution in [0.5, 0.6) is 0 Å². The molecule has 0 spiro atoms. The molecule has 3 N–H and O–H groups in total. The van der Waals surface area contributed by atoms with E-state index in [0.717, 1.165) is 116 Å². The fourth-order valence-corrected chi connectivity index (χ4v) is 20.7. The first-order valence-corrected chi connectivity index (χ1v) is 62.9. The molecule has 0 amide bonds. The van der Waals surface area contributed by atoms with E-state index in [0.29, 0.717) is 77.8 Å². The molecule has 0 aliphatic heterocycles. The highest BCUT2D eigenvalue weighted by atomic mass is 19.2. The van der Waals surface area contributed by atoms with E-state index in [1.807, 2.05) is 0 Å². The quantitative estimate of drug-likeness (QED) is 0.0172. The average molecular weight is 2130 g/mol. The van der Waals surface area contributed by atoms with Gasteiger partial charge in [0.2, 0.25) is 17.5 Å². The monoisotopic (exact) mass is 2120 g/mol. The molecule has 0 fully saturated rings. The lowest BCUT2D eigenvalue weighted by Gasteiger charge is -2.26. The van der Waals surface area contributed by atoms with Gasteiger partial charge in [0.25, 0.3) is 0 Å². The highest BCUT2D eigenvalue weighted by Crippen LogP contribution is 2.37. The van der Waals surface area contributed by atoms with Crippen molar-refractivity contribution < 1.29 is 80.9 Å². The molecule has 0 unspecified atom stereocenters. The third-order valence-electron chi connectivity index (χ3n) is 30.2. The zero-order valence-electron chi connectivity index (χ0n) is 96.1. The molecule has 0 radical (unpaired) electrons. The van der Waals surface area contributed by atoms with Crippen molar-refractivity contribution in [3.05, 3.63) is 87.3 Å². The van der Waals surface area contributed by atoms with Gasteiger partial charge in [0.15, 0.2) is 69.8 Å². The Balaban J connectivity index is 0.00000215. The predicted octanol–water partition coefficient (Wildman–Crippen LogP) is 45.1. The lowest BCUT2D eigenvalue weighted by Crippen LogP contribution is -2.29. The van der Waals surface area contributed by atoms with E-state index in [1.54, 1.807) is 0 Å². The van der Waals surface area contributed by atoms with Gasteiger partial charge in [0.1, 0.15) is 17.1 Å². The third-order valence-corrected chi connectivity index (χ3v) is 30.2. The molecular weight excluding hydrogens is 1900 g/mol. The molecule has 0 atom stereocenters. The Morgan fingerprint density at radius 1 is 0.115 bits per heavy atom. The van der Waals surface area contributed by atoms with E-state index < -0.39 is 112 Å². The predicted molar refractivity (Wildman–Crippen MR) is 605 cm³/mol. The van der Waals surface area contributed by atoms with Gasteiger partial charge in [0, 0.05) is 39.3 Å². The topological polar surface area (TPSA) is 70.4 Å². The van der Waals surface area contributed by atoms with Crippen LogP contribution in [0, 0.1) is 87.3 Å². The van der Waals surface area contributed by atoms with E-state index in [2.05, 4.69) is 41.5 Å². The zero-order chi connectivity index (χ0) is 109. The van der Waals surface area contributed by atoms with Gasteiger partial charge in [-0.1, -0.05) is 619 Å². The van der Waals surface area contributed by atoms with E-state index in [9.17, 15) is 65.9 Å². The van der Waals surface area contributed by atoms with Gasteiger partial charge in [-0.2, -0.15) is 0 Å². The maximum Gasteiger partial charge on any atom is 0.631 e. The molecule has 0 aromatic heterocycles. The summed E-state index contributed by atoms with van der Waals surface area (Å²) >= 11 is 0. The van der Waals surface area contributed by atoms with Gasteiger partial charge in [-0.15, -0.1) is 0 Å². The summed E-state index contributed by atoms with van der Waals surface area (Å²) in [6, 6.07) is 0. The summed E-state index contributed by atoms with van der Waals surface area (Å²) in [4.78, 5) is 4.22. The summed E-state index contributed by atoms with van der Waals surface area (Å²) in [7, 11) is -2.17. The maximum absolute atomic E-state index is 14.7. The van der Waals surface area contributed by atoms with Gasteiger partial charge in [-0.05, 0) is 38.5 Å². The molecule has 148 heavy (non-hydrogen) atoms. The van der Waals surface area contributed by atoms with Gasteiger partial charge >= 0.3 is 7.32 Å².